The van der Waals surface area contributed by atoms with E-state index < -0.39 is 20.3 Å². The lowest BCUT2D eigenvalue weighted by atomic mass is 10.1. The number of anilines is 1. The smallest absolute Gasteiger partial charge is 0.269 e. The molecule has 0 aliphatic rings. The van der Waals surface area contributed by atoms with Gasteiger partial charge in [0.2, 0.25) is 12.0 Å². The second kappa shape index (κ2) is 15.5. The van der Waals surface area contributed by atoms with Gasteiger partial charge in [-0.3, -0.25) is 9.89 Å². The molecular formula is C39H41ClN6O4Si. The molecule has 3 aromatic heterocycles. The van der Waals surface area contributed by atoms with Crippen molar-refractivity contribution in [3.05, 3.63) is 120 Å². The maximum Gasteiger partial charge on any atom is 0.269 e. The maximum atomic E-state index is 13.8. The summed E-state index contributed by atoms with van der Waals surface area (Å²) in [4.78, 5) is 27.5. The number of hydrogen-bond acceptors (Lipinski definition) is 8. The Morgan fingerprint density at radius 2 is 1.59 bits per heavy atom. The number of fused-ring (bicyclic) bond motifs is 1. The van der Waals surface area contributed by atoms with Gasteiger partial charge in [-0.05, 0) is 52.5 Å². The van der Waals surface area contributed by atoms with Gasteiger partial charge in [-0.15, -0.1) is 0 Å². The predicted molar refractivity (Wildman–Crippen MR) is 203 cm³/mol. The Morgan fingerprint density at radius 3 is 2.24 bits per heavy atom. The van der Waals surface area contributed by atoms with Crippen LogP contribution in [0.1, 0.15) is 31.9 Å². The number of rotatable bonds is 13. The first kappa shape index (κ1) is 35.9. The number of pyridine rings is 1. The Kier molecular flexibility index (Phi) is 10.9. The van der Waals surface area contributed by atoms with Crippen molar-refractivity contribution in [3.63, 3.8) is 0 Å². The number of ether oxygens (including phenoxy) is 2. The monoisotopic (exact) mass is 720 g/mol. The molecule has 3 aromatic carbocycles. The first-order valence-corrected chi connectivity index (χ1v) is 19.0. The molecule has 51 heavy (non-hydrogen) atoms. The maximum absolute atomic E-state index is 13.8. The standard InChI is InChI=1S/C39H41ClN6O4Si/c1-26-19-20-34(41-23-26)43-37(47)33(50-38-31-24-42-46-36(31)44-35(45-38)30-17-12-18-32(40)27(30)2)25-48-21-22-49-51(39(3,4)5,28-13-8-6-9-14-28)29-15-10-7-11-16-29/h6-20,23-24,33H,21-22,25H2,1-5H3,(H,41,43,47)(H,42,44,45,46)/t33-/m0/s1. The third-order valence-corrected chi connectivity index (χ3v) is 14.2. The molecule has 0 aliphatic carbocycles. The summed E-state index contributed by atoms with van der Waals surface area (Å²) in [6.07, 6.45) is 2.14. The number of aromatic amines is 1. The minimum atomic E-state index is -2.77. The number of carbonyl (C=O) groups is 1. The number of aromatic nitrogens is 5. The molecule has 0 saturated heterocycles. The molecule has 0 fully saturated rings. The van der Waals surface area contributed by atoms with Crippen molar-refractivity contribution in [2.24, 2.45) is 0 Å². The predicted octanol–water partition coefficient (Wildman–Crippen LogP) is 6.66. The first-order chi connectivity index (χ1) is 24.6. The van der Waals surface area contributed by atoms with Crippen molar-refractivity contribution >= 4 is 53.1 Å². The number of nitrogens with one attached hydrogen (secondary N) is 2. The Labute approximate surface area is 303 Å². The van der Waals surface area contributed by atoms with Crippen molar-refractivity contribution in [2.75, 3.05) is 25.1 Å². The van der Waals surface area contributed by atoms with E-state index in [1.807, 2.05) is 44.2 Å². The highest BCUT2D eigenvalue weighted by molar-refractivity contribution is 6.99. The molecular weight excluding hydrogens is 680 g/mol. The quantitative estimate of drug-likeness (QED) is 0.100. The van der Waals surface area contributed by atoms with Crippen LogP contribution in [-0.2, 0) is 14.0 Å². The summed E-state index contributed by atoms with van der Waals surface area (Å²) in [5.74, 6) is 0.489. The van der Waals surface area contributed by atoms with Crippen molar-refractivity contribution < 1.29 is 18.7 Å². The van der Waals surface area contributed by atoms with Gasteiger partial charge < -0.3 is 19.2 Å². The molecule has 6 aromatic rings. The largest absolute Gasteiger partial charge is 0.461 e. The minimum absolute atomic E-state index is 0.0866. The molecule has 0 unspecified atom stereocenters. The van der Waals surface area contributed by atoms with Gasteiger partial charge in [0, 0.05) is 16.8 Å². The summed E-state index contributed by atoms with van der Waals surface area (Å²) in [5, 5.41) is 13.2. The van der Waals surface area contributed by atoms with Crippen molar-refractivity contribution in [1.29, 1.82) is 0 Å². The van der Waals surface area contributed by atoms with Gasteiger partial charge in [0.05, 0.1) is 26.0 Å². The summed E-state index contributed by atoms with van der Waals surface area (Å²) in [5.41, 5.74) is 2.96. The number of benzene rings is 3. The van der Waals surface area contributed by atoms with Crippen LogP contribution in [0.25, 0.3) is 22.4 Å². The zero-order valence-corrected chi connectivity index (χ0v) is 31.1. The molecule has 12 heteroatoms. The third-order valence-electron chi connectivity index (χ3n) is 8.72. The van der Waals surface area contributed by atoms with Crippen LogP contribution in [0.4, 0.5) is 5.82 Å². The van der Waals surface area contributed by atoms with Crippen LogP contribution < -0.4 is 20.4 Å². The van der Waals surface area contributed by atoms with Crippen LogP contribution in [0.2, 0.25) is 10.1 Å². The van der Waals surface area contributed by atoms with Crippen molar-refractivity contribution in [2.45, 2.75) is 45.8 Å². The lowest BCUT2D eigenvalue weighted by molar-refractivity contribution is -0.125. The average Bonchev–Trinajstić information content (AvgIpc) is 3.61. The summed E-state index contributed by atoms with van der Waals surface area (Å²) in [6.45, 7) is 10.9. The number of amides is 1. The van der Waals surface area contributed by atoms with Crippen LogP contribution in [0.5, 0.6) is 5.88 Å². The Balaban J connectivity index is 1.25. The Hall–Kier alpha value is -4.94. The average molecular weight is 721 g/mol. The fourth-order valence-corrected chi connectivity index (χ4v) is 10.8. The van der Waals surface area contributed by atoms with Gasteiger partial charge in [-0.25, -0.2) is 9.97 Å². The number of nitrogens with zero attached hydrogens (tertiary/aromatic N) is 4. The molecule has 0 bridgehead atoms. The molecule has 0 aliphatic heterocycles. The van der Waals surface area contributed by atoms with Gasteiger partial charge in [0.1, 0.15) is 11.2 Å². The van der Waals surface area contributed by atoms with Crippen LogP contribution in [0, 0.1) is 13.8 Å². The van der Waals surface area contributed by atoms with Gasteiger partial charge in [0.25, 0.3) is 14.2 Å². The highest BCUT2D eigenvalue weighted by Gasteiger charge is 2.50. The van der Waals surface area contributed by atoms with Crippen LogP contribution >= 0.6 is 11.6 Å². The molecule has 2 N–H and O–H groups in total. The summed E-state index contributed by atoms with van der Waals surface area (Å²) in [7, 11) is -2.77. The number of halogens is 1. The molecule has 6 rings (SSSR count). The number of aryl methyl sites for hydroxylation is 1. The fraction of sp³-hybridized carbons (Fsp3) is 0.256. The normalized spacial score (nSPS) is 12.5. The molecule has 0 spiro atoms. The van der Waals surface area contributed by atoms with E-state index in [1.165, 1.54) is 10.4 Å². The van der Waals surface area contributed by atoms with E-state index in [9.17, 15) is 4.79 Å². The van der Waals surface area contributed by atoms with E-state index in [4.69, 9.17) is 30.5 Å². The van der Waals surface area contributed by atoms with Crippen molar-refractivity contribution in [1.82, 2.24) is 25.1 Å². The van der Waals surface area contributed by atoms with Gasteiger partial charge >= 0.3 is 0 Å². The van der Waals surface area contributed by atoms with E-state index in [0.29, 0.717) is 34.3 Å². The molecule has 0 saturated carbocycles. The molecule has 262 valence electrons. The summed E-state index contributed by atoms with van der Waals surface area (Å²) < 4.78 is 19.5. The van der Waals surface area contributed by atoms with E-state index in [0.717, 1.165) is 16.7 Å². The Morgan fingerprint density at radius 1 is 0.882 bits per heavy atom. The lowest BCUT2D eigenvalue weighted by Crippen LogP contribution is -2.66. The first-order valence-electron chi connectivity index (χ1n) is 16.8. The number of hydrogen-bond donors (Lipinski definition) is 2. The van der Waals surface area contributed by atoms with E-state index in [2.05, 4.69) is 94.8 Å². The lowest BCUT2D eigenvalue weighted by Gasteiger charge is -2.43. The molecule has 10 nitrogen and oxygen atoms in total. The van der Waals surface area contributed by atoms with Crippen LogP contribution in [0.15, 0.2) is 103 Å². The van der Waals surface area contributed by atoms with Gasteiger partial charge in [0.15, 0.2) is 11.5 Å². The summed E-state index contributed by atoms with van der Waals surface area (Å²) in [6, 6.07) is 30.0. The van der Waals surface area contributed by atoms with Crippen LogP contribution in [-0.4, -0.2) is 65.3 Å². The molecule has 1 atom stereocenters. The minimum Gasteiger partial charge on any atom is -0.461 e. The van der Waals surface area contributed by atoms with Crippen LogP contribution in [0.3, 0.4) is 0 Å². The molecule has 1 amide bonds. The molecule has 3 heterocycles. The number of carbonyl (C=O) groups excluding carboxylic acids is 1. The number of H-pyrrole nitrogens is 1. The van der Waals surface area contributed by atoms with E-state index in [-0.39, 0.29) is 24.1 Å². The third kappa shape index (κ3) is 7.86. The molecule has 0 radical (unpaired) electrons. The van der Waals surface area contributed by atoms with Gasteiger partial charge in [-0.2, -0.15) is 10.1 Å². The van der Waals surface area contributed by atoms with Gasteiger partial charge in [-0.1, -0.05) is 111 Å². The second-order valence-corrected chi connectivity index (χ2v) is 18.0. The van der Waals surface area contributed by atoms with E-state index >= 15 is 0 Å². The topological polar surface area (TPSA) is 124 Å². The van der Waals surface area contributed by atoms with E-state index in [1.54, 1.807) is 24.5 Å². The zero-order valence-electron chi connectivity index (χ0n) is 29.3. The van der Waals surface area contributed by atoms with Crippen molar-refractivity contribution in [3.8, 4) is 17.3 Å². The Bertz CT molecular complexity index is 2050. The zero-order chi connectivity index (χ0) is 36.0. The highest BCUT2D eigenvalue weighted by atomic mass is 35.5. The highest BCUT2D eigenvalue weighted by Crippen LogP contribution is 2.37. The SMILES string of the molecule is Cc1ccc(NC(=O)[C@H](COCCO[Si](c2ccccc2)(c2ccccc2)C(C)(C)C)Oc2nc(-c3cccc(Cl)c3C)nc3[nH]ncc23)nc1. The fourth-order valence-electron chi connectivity index (χ4n) is 6.12. The summed E-state index contributed by atoms with van der Waals surface area (Å²) >= 11 is 6.43. The second-order valence-electron chi connectivity index (χ2n) is 13.3.